The number of fused-ring (bicyclic) bond motifs is 3. The minimum Gasteiger partial charge on any atom is -0.352 e. The van der Waals surface area contributed by atoms with Crippen molar-refractivity contribution >= 4 is 21.9 Å². The number of aromatic nitrogens is 3. The first kappa shape index (κ1) is 8.41. The van der Waals surface area contributed by atoms with E-state index in [9.17, 15) is 0 Å². The third-order valence-electron chi connectivity index (χ3n) is 2.73. The lowest BCUT2D eigenvalue weighted by Crippen LogP contribution is -1.84. The summed E-state index contributed by atoms with van der Waals surface area (Å²) < 4.78 is 0. The van der Waals surface area contributed by atoms with E-state index in [-0.39, 0.29) is 0 Å². The minimum atomic E-state index is 0.994. The van der Waals surface area contributed by atoms with Gasteiger partial charge in [0.1, 0.15) is 6.33 Å². The van der Waals surface area contributed by atoms with Gasteiger partial charge in [0.15, 0.2) is 0 Å². The van der Waals surface area contributed by atoms with E-state index < -0.39 is 0 Å². The predicted octanol–water partition coefficient (Wildman–Crippen LogP) is 2.73. The number of aryl methyl sites for hydroxylation is 2. The van der Waals surface area contributed by atoms with Crippen LogP contribution in [0.3, 0.4) is 0 Å². The lowest BCUT2D eigenvalue weighted by atomic mass is 10.1. The van der Waals surface area contributed by atoms with Gasteiger partial charge in [-0.3, -0.25) is 0 Å². The van der Waals surface area contributed by atoms with Crippen molar-refractivity contribution in [2.75, 3.05) is 0 Å². The molecule has 0 aliphatic rings. The second kappa shape index (κ2) is 2.79. The van der Waals surface area contributed by atoms with E-state index in [1.807, 2.05) is 6.92 Å². The molecular formula is C12H11N3. The Labute approximate surface area is 87.2 Å². The molecule has 15 heavy (non-hydrogen) atoms. The average molecular weight is 197 g/mol. The molecule has 0 amide bonds. The molecule has 0 atom stereocenters. The maximum Gasteiger partial charge on any atom is 0.116 e. The zero-order valence-corrected chi connectivity index (χ0v) is 8.70. The Hall–Kier alpha value is -1.90. The van der Waals surface area contributed by atoms with Gasteiger partial charge in [0.05, 0.1) is 16.7 Å². The molecule has 3 nitrogen and oxygen atoms in total. The van der Waals surface area contributed by atoms with E-state index in [2.05, 4.69) is 40.1 Å². The Morgan fingerprint density at radius 1 is 1.13 bits per heavy atom. The number of nitrogens with zero attached hydrogens (tertiary/aromatic N) is 2. The second-order valence-corrected chi connectivity index (χ2v) is 3.86. The summed E-state index contributed by atoms with van der Waals surface area (Å²) in [4.78, 5) is 11.9. The fourth-order valence-corrected chi connectivity index (χ4v) is 1.93. The molecule has 0 aliphatic carbocycles. The van der Waals surface area contributed by atoms with Gasteiger partial charge in [-0.05, 0) is 26.0 Å². The highest BCUT2D eigenvalue weighted by atomic mass is 14.9. The van der Waals surface area contributed by atoms with Gasteiger partial charge in [0, 0.05) is 10.9 Å². The van der Waals surface area contributed by atoms with E-state index in [0.717, 1.165) is 22.2 Å². The van der Waals surface area contributed by atoms with Gasteiger partial charge in [-0.25, -0.2) is 9.97 Å². The second-order valence-electron chi connectivity index (χ2n) is 3.86. The summed E-state index contributed by atoms with van der Waals surface area (Å²) in [5, 5.41) is 1.18. The highest BCUT2D eigenvalue weighted by Gasteiger charge is 2.07. The summed E-state index contributed by atoms with van der Waals surface area (Å²) >= 11 is 0. The quantitative estimate of drug-likeness (QED) is 0.602. The molecular weight excluding hydrogens is 186 g/mol. The van der Waals surface area contributed by atoms with Crippen LogP contribution in [0.25, 0.3) is 21.9 Å². The molecule has 0 saturated heterocycles. The van der Waals surface area contributed by atoms with Gasteiger partial charge in [-0.15, -0.1) is 0 Å². The van der Waals surface area contributed by atoms with Crippen molar-refractivity contribution in [1.82, 2.24) is 15.0 Å². The van der Waals surface area contributed by atoms with E-state index in [0.29, 0.717) is 0 Å². The van der Waals surface area contributed by atoms with Crippen LogP contribution in [0, 0.1) is 13.8 Å². The normalized spacial score (nSPS) is 11.3. The lowest BCUT2D eigenvalue weighted by Gasteiger charge is -1.93. The van der Waals surface area contributed by atoms with Crippen LogP contribution in [-0.4, -0.2) is 15.0 Å². The first-order valence-electron chi connectivity index (χ1n) is 4.95. The summed E-state index contributed by atoms with van der Waals surface area (Å²) in [6.07, 6.45) is 1.62. The smallest absolute Gasteiger partial charge is 0.116 e. The van der Waals surface area contributed by atoms with Crippen molar-refractivity contribution in [3.8, 4) is 0 Å². The van der Waals surface area contributed by atoms with Crippen LogP contribution in [0.1, 0.15) is 11.3 Å². The topological polar surface area (TPSA) is 41.6 Å². The molecule has 0 aliphatic heterocycles. The largest absolute Gasteiger partial charge is 0.352 e. The monoisotopic (exact) mass is 197 g/mol. The van der Waals surface area contributed by atoms with Crippen molar-refractivity contribution < 1.29 is 0 Å². The number of aromatic amines is 1. The van der Waals surface area contributed by atoms with Crippen LogP contribution >= 0.6 is 0 Å². The van der Waals surface area contributed by atoms with Gasteiger partial charge in [-0.1, -0.05) is 11.6 Å². The maximum atomic E-state index is 4.33. The Morgan fingerprint density at radius 2 is 2.00 bits per heavy atom. The molecule has 1 aromatic carbocycles. The fraction of sp³-hybridized carbons (Fsp3) is 0.167. The van der Waals surface area contributed by atoms with Crippen LogP contribution in [-0.2, 0) is 0 Å². The van der Waals surface area contributed by atoms with Gasteiger partial charge in [0.2, 0.25) is 0 Å². The first-order valence-corrected chi connectivity index (χ1v) is 4.95. The SMILES string of the molecule is Cc1ccc2[nH]c3c(C)ncnc3c2c1. The molecule has 3 rings (SSSR count). The van der Waals surface area contributed by atoms with Gasteiger partial charge < -0.3 is 4.98 Å². The maximum absolute atomic E-state index is 4.33. The average Bonchev–Trinajstić information content (AvgIpc) is 2.58. The van der Waals surface area contributed by atoms with E-state index in [1.165, 1.54) is 10.9 Å². The summed E-state index contributed by atoms with van der Waals surface area (Å²) in [5.41, 5.74) is 5.42. The molecule has 0 fully saturated rings. The summed E-state index contributed by atoms with van der Waals surface area (Å²) in [5.74, 6) is 0. The molecule has 2 heterocycles. The minimum absolute atomic E-state index is 0.994. The van der Waals surface area contributed by atoms with Crippen molar-refractivity contribution in [2.24, 2.45) is 0 Å². The van der Waals surface area contributed by atoms with Crippen molar-refractivity contribution in [2.45, 2.75) is 13.8 Å². The molecule has 0 spiro atoms. The van der Waals surface area contributed by atoms with Crippen LogP contribution in [0.15, 0.2) is 24.5 Å². The van der Waals surface area contributed by atoms with Crippen molar-refractivity contribution in [1.29, 1.82) is 0 Å². The van der Waals surface area contributed by atoms with Gasteiger partial charge in [-0.2, -0.15) is 0 Å². The Kier molecular flexibility index (Phi) is 1.57. The number of hydrogen-bond donors (Lipinski definition) is 1. The standard InChI is InChI=1S/C12H11N3/c1-7-3-4-10-9(5-7)12-11(15-10)8(2)13-6-14-12/h3-6,15H,1-2H3. The van der Waals surface area contributed by atoms with Gasteiger partial charge >= 0.3 is 0 Å². The zero-order chi connectivity index (χ0) is 10.4. The van der Waals surface area contributed by atoms with Crippen molar-refractivity contribution in [3.05, 3.63) is 35.8 Å². The van der Waals surface area contributed by atoms with Crippen LogP contribution in [0.2, 0.25) is 0 Å². The fourth-order valence-electron chi connectivity index (χ4n) is 1.93. The summed E-state index contributed by atoms with van der Waals surface area (Å²) in [6, 6.07) is 6.34. The van der Waals surface area contributed by atoms with Crippen molar-refractivity contribution in [3.63, 3.8) is 0 Å². The molecule has 0 radical (unpaired) electrons. The Bertz CT molecular complexity index is 652. The molecule has 3 heteroatoms. The van der Waals surface area contributed by atoms with E-state index in [1.54, 1.807) is 6.33 Å². The molecule has 0 unspecified atom stereocenters. The van der Waals surface area contributed by atoms with E-state index >= 15 is 0 Å². The molecule has 0 bridgehead atoms. The first-order chi connectivity index (χ1) is 7.25. The molecule has 3 aromatic rings. The van der Waals surface area contributed by atoms with Crippen LogP contribution in [0.5, 0.6) is 0 Å². The number of rotatable bonds is 0. The zero-order valence-electron chi connectivity index (χ0n) is 8.70. The van der Waals surface area contributed by atoms with Gasteiger partial charge in [0.25, 0.3) is 0 Å². The third-order valence-corrected chi connectivity index (χ3v) is 2.73. The Morgan fingerprint density at radius 3 is 2.87 bits per heavy atom. The number of H-pyrrole nitrogens is 1. The van der Waals surface area contributed by atoms with E-state index in [4.69, 9.17) is 0 Å². The highest BCUT2D eigenvalue weighted by molar-refractivity contribution is 6.05. The summed E-state index contributed by atoms with van der Waals surface area (Å²) in [7, 11) is 0. The molecule has 74 valence electrons. The Balaban J connectivity index is 2.58. The number of nitrogens with one attached hydrogen (secondary N) is 1. The van der Waals surface area contributed by atoms with Crippen LogP contribution < -0.4 is 0 Å². The van der Waals surface area contributed by atoms with Crippen LogP contribution in [0.4, 0.5) is 0 Å². The highest BCUT2D eigenvalue weighted by Crippen LogP contribution is 2.25. The number of hydrogen-bond acceptors (Lipinski definition) is 2. The predicted molar refractivity (Wildman–Crippen MR) is 60.9 cm³/mol. The lowest BCUT2D eigenvalue weighted by molar-refractivity contribution is 1.15. The molecule has 1 N–H and O–H groups in total. The summed E-state index contributed by atoms with van der Waals surface area (Å²) in [6.45, 7) is 4.08. The molecule has 2 aromatic heterocycles. The number of benzene rings is 1. The third kappa shape index (κ3) is 1.13. The molecule has 0 saturated carbocycles.